The van der Waals surface area contributed by atoms with Gasteiger partial charge >= 0.3 is 6.18 Å². The Morgan fingerprint density at radius 2 is 1.78 bits per heavy atom. The highest BCUT2D eigenvalue weighted by Crippen LogP contribution is 2.33. The number of carbonyl (C=O) groups excluding carboxylic acids is 1. The lowest BCUT2D eigenvalue weighted by atomic mass is 10.2. The van der Waals surface area contributed by atoms with Gasteiger partial charge in [-0.25, -0.2) is 0 Å². The fourth-order valence-corrected chi connectivity index (χ4v) is 2.80. The van der Waals surface area contributed by atoms with Crippen molar-refractivity contribution < 1.29 is 27.8 Å². The maximum Gasteiger partial charge on any atom is 0.416 e. The molecule has 0 spiro atoms. The minimum Gasteiger partial charge on any atom is -0.325 e. The van der Waals surface area contributed by atoms with Gasteiger partial charge in [0, 0.05) is 11.8 Å². The number of nitro benzene ring substituents is 2. The van der Waals surface area contributed by atoms with Crippen LogP contribution in [0, 0.1) is 20.2 Å². The summed E-state index contributed by atoms with van der Waals surface area (Å²) in [5.74, 6) is -1.03. The van der Waals surface area contributed by atoms with Crippen LogP contribution in [0.5, 0.6) is 0 Å². The fourth-order valence-electron chi connectivity index (χ4n) is 2.00. The lowest BCUT2D eigenvalue weighted by Crippen LogP contribution is -2.15. The quantitative estimate of drug-likeness (QED) is 0.439. The van der Waals surface area contributed by atoms with E-state index in [4.69, 9.17) is 0 Å². The molecular formula is C15H10F3N3O5S. The first kappa shape index (κ1) is 20.2. The predicted molar refractivity (Wildman–Crippen MR) is 90.5 cm³/mol. The van der Waals surface area contributed by atoms with Gasteiger partial charge in [-0.3, -0.25) is 25.0 Å². The van der Waals surface area contributed by atoms with Crippen LogP contribution in [-0.2, 0) is 11.0 Å². The summed E-state index contributed by atoms with van der Waals surface area (Å²) >= 11 is 0.734. The summed E-state index contributed by atoms with van der Waals surface area (Å²) in [5.41, 5.74) is -2.02. The topological polar surface area (TPSA) is 115 Å². The molecule has 8 nitrogen and oxygen atoms in total. The van der Waals surface area contributed by atoms with E-state index in [9.17, 15) is 38.2 Å². The molecule has 2 rings (SSSR count). The highest BCUT2D eigenvalue weighted by atomic mass is 32.2. The summed E-state index contributed by atoms with van der Waals surface area (Å²) in [5, 5.41) is 24.0. The molecule has 0 saturated carbocycles. The Labute approximate surface area is 153 Å². The van der Waals surface area contributed by atoms with E-state index < -0.39 is 38.9 Å². The van der Waals surface area contributed by atoms with Gasteiger partial charge < -0.3 is 5.32 Å². The number of carbonyl (C=O) groups is 1. The number of nitrogens with zero attached hydrogens (tertiary/aromatic N) is 2. The van der Waals surface area contributed by atoms with E-state index in [1.54, 1.807) is 0 Å². The Balaban J connectivity index is 2.08. The highest BCUT2D eigenvalue weighted by Gasteiger charge is 2.30. The Kier molecular flexibility index (Phi) is 6.00. The largest absolute Gasteiger partial charge is 0.416 e. The van der Waals surface area contributed by atoms with Crippen molar-refractivity contribution in [2.45, 2.75) is 11.1 Å². The molecule has 2 aromatic carbocycles. The molecule has 12 heteroatoms. The van der Waals surface area contributed by atoms with Gasteiger partial charge in [0.05, 0.1) is 32.1 Å². The van der Waals surface area contributed by atoms with E-state index in [0.29, 0.717) is 0 Å². The molecule has 0 unspecified atom stereocenters. The van der Waals surface area contributed by atoms with Crippen LogP contribution < -0.4 is 5.32 Å². The van der Waals surface area contributed by atoms with Gasteiger partial charge in [0.2, 0.25) is 5.91 Å². The molecule has 0 heterocycles. The van der Waals surface area contributed by atoms with E-state index in [-0.39, 0.29) is 16.3 Å². The summed E-state index contributed by atoms with van der Waals surface area (Å²) in [6.07, 6.45) is -4.56. The van der Waals surface area contributed by atoms with E-state index in [2.05, 4.69) is 5.32 Å². The zero-order chi connectivity index (χ0) is 20.2. The third kappa shape index (κ3) is 5.41. The average Bonchev–Trinajstić information content (AvgIpc) is 2.59. The first-order valence-corrected chi connectivity index (χ1v) is 8.09. The van der Waals surface area contributed by atoms with Crippen LogP contribution in [0.3, 0.4) is 0 Å². The number of nitrogens with one attached hydrogen (secondary N) is 1. The lowest BCUT2D eigenvalue weighted by molar-refractivity contribution is -0.396. The minimum atomic E-state index is -4.56. The number of benzene rings is 2. The van der Waals surface area contributed by atoms with Crippen molar-refractivity contribution in [3.8, 4) is 0 Å². The maximum atomic E-state index is 12.7. The Hall–Kier alpha value is -3.15. The van der Waals surface area contributed by atoms with Crippen LogP contribution in [0.15, 0.2) is 47.4 Å². The van der Waals surface area contributed by atoms with Crippen LogP contribution in [-0.4, -0.2) is 21.5 Å². The number of nitro groups is 2. The zero-order valence-electron chi connectivity index (χ0n) is 13.2. The molecule has 27 heavy (non-hydrogen) atoms. The van der Waals surface area contributed by atoms with Crippen LogP contribution in [0.2, 0.25) is 0 Å². The van der Waals surface area contributed by atoms with Crippen molar-refractivity contribution in [1.29, 1.82) is 0 Å². The summed E-state index contributed by atoms with van der Waals surface area (Å²) in [6, 6.07) is 6.98. The molecule has 0 atom stereocenters. The molecule has 142 valence electrons. The second-order valence-electron chi connectivity index (χ2n) is 5.08. The van der Waals surface area contributed by atoms with E-state index in [1.165, 1.54) is 6.07 Å². The molecule has 0 saturated heterocycles. The van der Waals surface area contributed by atoms with Gasteiger partial charge in [-0.05, 0) is 24.3 Å². The Morgan fingerprint density at radius 3 is 2.37 bits per heavy atom. The monoisotopic (exact) mass is 401 g/mol. The summed E-state index contributed by atoms with van der Waals surface area (Å²) < 4.78 is 38.0. The molecule has 0 aliphatic heterocycles. The molecule has 0 aliphatic carbocycles. The third-order valence-electron chi connectivity index (χ3n) is 3.18. The van der Waals surface area contributed by atoms with E-state index >= 15 is 0 Å². The first-order chi connectivity index (χ1) is 12.6. The van der Waals surface area contributed by atoms with Crippen LogP contribution >= 0.6 is 11.8 Å². The number of non-ortho nitro benzene ring substituents is 1. The van der Waals surface area contributed by atoms with Crippen LogP contribution in [0.1, 0.15) is 5.56 Å². The smallest absolute Gasteiger partial charge is 0.325 e. The second kappa shape index (κ2) is 8.03. The number of halogens is 3. The Morgan fingerprint density at radius 1 is 1.07 bits per heavy atom. The molecule has 0 radical (unpaired) electrons. The molecule has 1 N–H and O–H groups in total. The SMILES string of the molecule is O=C(CSc1ccc([N+](=O)[O-])cc1[N+](=O)[O-])Nc1cccc(C(F)(F)F)c1. The Bertz CT molecular complexity index is 905. The molecule has 0 aromatic heterocycles. The van der Waals surface area contributed by atoms with Gasteiger partial charge in [0.1, 0.15) is 0 Å². The number of hydrogen-bond acceptors (Lipinski definition) is 6. The van der Waals surface area contributed by atoms with E-state index in [0.717, 1.165) is 48.2 Å². The van der Waals surface area contributed by atoms with Crippen molar-refractivity contribution in [2.75, 3.05) is 11.1 Å². The highest BCUT2D eigenvalue weighted by molar-refractivity contribution is 8.00. The predicted octanol–water partition coefficient (Wildman–Crippen LogP) is 4.25. The number of thioether (sulfide) groups is 1. The average molecular weight is 401 g/mol. The van der Waals surface area contributed by atoms with Crippen LogP contribution in [0.4, 0.5) is 30.2 Å². The summed E-state index contributed by atoms with van der Waals surface area (Å²) in [4.78, 5) is 32.0. The number of anilines is 1. The molecule has 0 bridgehead atoms. The number of rotatable bonds is 6. The third-order valence-corrected chi connectivity index (χ3v) is 4.25. The zero-order valence-corrected chi connectivity index (χ0v) is 14.0. The van der Waals surface area contributed by atoms with E-state index in [1.807, 2.05) is 0 Å². The number of hydrogen-bond donors (Lipinski definition) is 1. The van der Waals surface area contributed by atoms with Crippen molar-refractivity contribution in [1.82, 2.24) is 0 Å². The van der Waals surface area contributed by atoms with Gasteiger partial charge in [-0.2, -0.15) is 13.2 Å². The van der Waals surface area contributed by atoms with Gasteiger partial charge in [-0.1, -0.05) is 6.07 Å². The first-order valence-electron chi connectivity index (χ1n) is 7.10. The standard InChI is InChI=1S/C15H10F3N3O5S/c16-15(17,18)9-2-1-3-10(6-9)19-14(22)8-27-13-5-4-11(20(23)24)7-12(13)21(25)26/h1-7H,8H2,(H,19,22). The maximum absolute atomic E-state index is 12.7. The van der Waals surface area contributed by atoms with Crippen molar-refractivity contribution in [3.05, 3.63) is 68.3 Å². The molecule has 1 amide bonds. The number of alkyl halides is 3. The van der Waals surface area contributed by atoms with Crippen LogP contribution in [0.25, 0.3) is 0 Å². The molecular weight excluding hydrogens is 391 g/mol. The van der Waals surface area contributed by atoms with Gasteiger partial charge in [0.15, 0.2) is 0 Å². The van der Waals surface area contributed by atoms with Crippen molar-refractivity contribution >= 4 is 34.7 Å². The fraction of sp³-hybridized carbons (Fsp3) is 0.133. The molecule has 0 fully saturated rings. The van der Waals surface area contributed by atoms with Crippen molar-refractivity contribution in [3.63, 3.8) is 0 Å². The van der Waals surface area contributed by atoms with Gasteiger partial charge in [-0.15, -0.1) is 11.8 Å². The molecule has 2 aromatic rings. The molecule has 0 aliphatic rings. The lowest BCUT2D eigenvalue weighted by Gasteiger charge is -2.10. The minimum absolute atomic E-state index is 0.0183. The second-order valence-corrected chi connectivity index (χ2v) is 6.10. The van der Waals surface area contributed by atoms with Crippen molar-refractivity contribution in [2.24, 2.45) is 0 Å². The van der Waals surface area contributed by atoms with Gasteiger partial charge in [0.25, 0.3) is 11.4 Å². The summed E-state index contributed by atoms with van der Waals surface area (Å²) in [7, 11) is 0. The normalized spacial score (nSPS) is 11.1. The summed E-state index contributed by atoms with van der Waals surface area (Å²) in [6.45, 7) is 0. The number of amides is 1.